The van der Waals surface area contributed by atoms with Crippen LogP contribution < -0.4 is 5.73 Å². The van der Waals surface area contributed by atoms with Crippen LogP contribution in [0.4, 0.5) is 0 Å². The molecule has 5 heteroatoms. The Morgan fingerprint density at radius 2 is 2.50 bits per heavy atom. The third-order valence-electron chi connectivity index (χ3n) is 2.67. The smallest absolute Gasteiger partial charge is 0.158 e. The van der Waals surface area contributed by atoms with Gasteiger partial charge in [0.2, 0.25) is 0 Å². The van der Waals surface area contributed by atoms with E-state index in [9.17, 15) is 0 Å². The van der Waals surface area contributed by atoms with Gasteiger partial charge in [-0.1, -0.05) is 6.92 Å². The molecule has 0 amide bonds. The molecule has 1 unspecified atom stereocenters. The number of H-pyrrole nitrogens is 1. The largest absolute Gasteiger partial charge is 0.380 e. The molecule has 1 atom stereocenters. The van der Waals surface area contributed by atoms with Crippen LogP contribution in [0.25, 0.3) is 0 Å². The molecule has 0 spiro atoms. The van der Waals surface area contributed by atoms with Gasteiger partial charge in [-0.25, -0.2) is 4.98 Å². The summed E-state index contributed by atoms with van der Waals surface area (Å²) in [5, 5.41) is 7.13. The van der Waals surface area contributed by atoms with Gasteiger partial charge in [-0.3, -0.25) is 5.10 Å². The van der Waals surface area contributed by atoms with Gasteiger partial charge in [-0.2, -0.15) is 5.10 Å². The molecule has 0 saturated carbocycles. The van der Waals surface area contributed by atoms with Crippen LogP contribution in [0.2, 0.25) is 0 Å². The summed E-state index contributed by atoms with van der Waals surface area (Å²) < 4.78 is 5.37. The molecule has 78 valence electrons. The zero-order valence-corrected chi connectivity index (χ0v) is 8.42. The second kappa shape index (κ2) is 3.67. The summed E-state index contributed by atoms with van der Waals surface area (Å²) in [4.78, 5) is 4.43. The fourth-order valence-electron chi connectivity index (χ4n) is 1.66. The van der Waals surface area contributed by atoms with Crippen molar-refractivity contribution in [3.8, 4) is 0 Å². The first-order chi connectivity index (χ1) is 6.74. The fourth-order valence-corrected chi connectivity index (χ4v) is 1.66. The normalized spacial score (nSPS) is 27.0. The molecule has 0 aliphatic carbocycles. The van der Waals surface area contributed by atoms with E-state index in [4.69, 9.17) is 10.5 Å². The standard InChI is InChI=1S/C9H16N4O/c1-9(3-5-14-6-9)8-11-7(2-4-10)12-13-8/h2-6,10H2,1H3,(H,11,12,13). The van der Waals surface area contributed by atoms with Crippen molar-refractivity contribution < 1.29 is 4.74 Å². The average molecular weight is 196 g/mol. The highest BCUT2D eigenvalue weighted by Gasteiger charge is 2.35. The number of hydrogen-bond acceptors (Lipinski definition) is 4. The number of nitrogens with zero attached hydrogens (tertiary/aromatic N) is 2. The number of nitrogens with two attached hydrogens (primary N) is 1. The Bertz CT molecular complexity index is 304. The van der Waals surface area contributed by atoms with Gasteiger partial charge < -0.3 is 10.5 Å². The number of nitrogens with one attached hydrogen (secondary N) is 1. The lowest BCUT2D eigenvalue weighted by Crippen LogP contribution is -2.23. The molecule has 1 aromatic heterocycles. The van der Waals surface area contributed by atoms with Crippen molar-refractivity contribution in [1.29, 1.82) is 0 Å². The summed E-state index contributed by atoms with van der Waals surface area (Å²) >= 11 is 0. The Balaban J connectivity index is 2.15. The molecular weight excluding hydrogens is 180 g/mol. The highest BCUT2D eigenvalue weighted by molar-refractivity contribution is 5.08. The fraction of sp³-hybridized carbons (Fsp3) is 0.778. The maximum atomic E-state index is 5.44. The average Bonchev–Trinajstić information content (AvgIpc) is 2.75. The lowest BCUT2D eigenvalue weighted by atomic mass is 9.89. The van der Waals surface area contributed by atoms with Crippen LogP contribution in [0.3, 0.4) is 0 Å². The Kier molecular flexibility index (Phi) is 2.52. The summed E-state index contributed by atoms with van der Waals surface area (Å²) in [6.45, 7) is 4.25. The van der Waals surface area contributed by atoms with Gasteiger partial charge in [0, 0.05) is 13.0 Å². The molecule has 3 N–H and O–H groups in total. The van der Waals surface area contributed by atoms with E-state index in [1.165, 1.54) is 0 Å². The van der Waals surface area contributed by atoms with Crippen molar-refractivity contribution >= 4 is 0 Å². The minimum atomic E-state index is -0.0106. The maximum absolute atomic E-state index is 5.44. The van der Waals surface area contributed by atoms with E-state index in [1.807, 2.05) is 0 Å². The van der Waals surface area contributed by atoms with Gasteiger partial charge in [-0.05, 0) is 13.0 Å². The van der Waals surface area contributed by atoms with E-state index in [-0.39, 0.29) is 5.41 Å². The monoisotopic (exact) mass is 196 g/mol. The molecule has 0 bridgehead atoms. The molecule has 0 aromatic carbocycles. The van der Waals surface area contributed by atoms with Crippen molar-refractivity contribution in [2.45, 2.75) is 25.2 Å². The highest BCUT2D eigenvalue weighted by Crippen LogP contribution is 2.29. The summed E-state index contributed by atoms with van der Waals surface area (Å²) in [6, 6.07) is 0. The summed E-state index contributed by atoms with van der Waals surface area (Å²) in [6.07, 6.45) is 1.75. The molecule has 2 rings (SSSR count). The highest BCUT2D eigenvalue weighted by atomic mass is 16.5. The van der Waals surface area contributed by atoms with Crippen LogP contribution >= 0.6 is 0 Å². The predicted molar refractivity (Wildman–Crippen MR) is 51.9 cm³/mol. The van der Waals surface area contributed by atoms with Crippen LogP contribution in [-0.2, 0) is 16.6 Å². The third kappa shape index (κ3) is 1.65. The molecule has 0 radical (unpaired) electrons. The summed E-state index contributed by atoms with van der Waals surface area (Å²) in [5.41, 5.74) is 5.43. The van der Waals surface area contributed by atoms with Gasteiger partial charge in [0.25, 0.3) is 0 Å². The minimum absolute atomic E-state index is 0.0106. The van der Waals surface area contributed by atoms with Gasteiger partial charge in [0.15, 0.2) is 5.82 Å². The van der Waals surface area contributed by atoms with Crippen LogP contribution in [0.1, 0.15) is 25.0 Å². The van der Waals surface area contributed by atoms with Crippen molar-refractivity contribution in [2.75, 3.05) is 19.8 Å². The lowest BCUT2D eigenvalue weighted by molar-refractivity contribution is 0.179. The zero-order chi connectivity index (χ0) is 10.0. The quantitative estimate of drug-likeness (QED) is 0.712. The lowest BCUT2D eigenvalue weighted by Gasteiger charge is -2.16. The molecule has 1 aliphatic rings. The van der Waals surface area contributed by atoms with E-state index in [0.29, 0.717) is 13.2 Å². The number of rotatable bonds is 3. The molecule has 5 nitrogen and oxygen atoms in total. The van der Waals surface area contributed by atoms with Crippen molar-refractivity contribution in [1.82, 2.24) is 15.2 Å². The van der Waals surface area contributed by atoms with Crippen molar-refractivity contribution in [3.05, 3.63) is 11.6 Å². The van der Waals surface area contributed by atoms with Gasteiger partial charge in [0.1, 0.15) is 5.82 Å². The first-order valence-electron chi connectivity index (χ1n) is 4.94. The molecule has 14 heavy (non-hydrogen) atoms. The van der Waals surface area contributed by atoms with Crippen LogP contribution in [0.5, 0.6) is 0 Å². The van der Waals surface area contributed by atoms with Gasteiger partial charge >= 0.3 is 0 Å². The number of ether oxygens (including phenoxy) is 1. The van der Waals surface area contributed by atoms with Gasteiger partial charge in [0.05, 0.1) is 12.0 Å². The summed E-state index contributed by atoms with van der Waals surface area (Å²) in [7, 11) is 0. The zero-order valence-electron chi connectivity index (χ0n) is 8.42. The Labute approximate surface area is 83.1 Å². The third-order valence-corrected chi connectivity index (χ3v) is 2.67. The molecule has 1 saturated heterocycles. The first-order valence-corrected chi connectivity index (χ1v) is 4.94. The van der Waals surface area contributed by atoms with Crippen LogP contribution in [0, 0.1) is 0 Å². The SMILES string of the molecule is CC1(c2n[nH]c(CCN)n2)CCOC1. The van der Waals surface area contributed by atoms with Gasteiger partial charge in [-0.15, -0.1) is 0 Å². The predicted octanol–water partition coefficient (Wildman–Crippen LogP) is -0.0161. The number of hydrogen-bond donors (Lipinski definition) is 2. The minimum Gasteiger partial charge on any atom is -0.380 e. The Morgan fingerprint density at radius 3 is 3.14 bits per heavy atom. The molecule has 1 aliphatic heterocycles. The van der Waals surface area contributed by atoms with Crippen LogP contribution in [0.15, 0.2) is 0 Å². The second-order valence-electron chi connectivity index (χ2n) is 4.01. The van der Waals surface area contributed by atoms with E-state index >= 15 is 0 Å². The maximum Gasteiger partial charge on any atom is 0.158 e. The Morgan fingerprint density at radius 1 is 1.64 bits per heavy atom. The molecule has 1 aromatic rings. The molecular formula is C9H16N4O. The number of aromatic amines is 1. The Hall–Kier alpha value is -0.940. The summed E-state index contributed by atoms with van der Waals surface area (Å²) in [5.74, 6) is 1.73. The first kappa shape index (κ1) is 9.61. The van der Waals surface area contributed by atoms with Crippen molar-refractivity contribution in [3.63, 3.8) is 0 Å². The van der Waals surface area contributed by atoms with Crippen LogP contribution in [-0.4, -0.2) is 34.9 Å². The second-order valence-corrected chi connectivity index (χ2v) is 4.01. The van der Waals surface area contributed by atoms with Crippen molar-refractivity contribution in [2.24, 2.45) is 5.73 Å². The number of aromatic nitrogens is 3. The van der Waals surface area contributed by atoms with E-state index < -0.39 is 0 Å². The molecule has 1 fully saturated rings. The van der Waals surface area contributed by atoms with E-state index in [2.05, 4.69) is 22.1 Å². The topological polar surface area (TPSA) is 76.8 Å². The van der Waals surface area contributed by atoms with E-state index in [1.54, 1.807) is 0 Å². The van der Waals surface area contributed by atoms with E-state index in [0.717, 1.165) is 31.1 Å². The molecule has 2 heterocycles.